The number of hydrogen-bond donors (Lipinski definition) is 0. The SMILES string of the molecule is COC(=O)[C@H](C)C[C@@H](c1ccc(OC)cc1)N(C)S(=O)(=O)c1ccccc1. The van der Waals surface area contributed by atoms with Gasteiger partial charge in [0.15, 0.2) is 0 Å². The Morgan fingerprint density at radius 2 is 1.63 bits per heavy atom. The van der Waals surface area contributed by atoms with Crippen LogP contribution in [0.3, 0.4) is 0 Å². The Labute approximate surface area is 160 Å². The van der Waals surface area contributed by atoms with Gasteiger partial charge in [0.2, 0.25) is 10.0 Å². The lowest BCUT2D eigenvalue weighted by atomic mass is 9.96. The normalized spacial score (nSPS) is 13.8. The molecule has 0 radical (unpaired) electrons. The lowest BCUT2D eigenvalue weighted by Gasteiger charge is -2.29. The van der Waals surface area contributed by atoms with Crippen LogP contribution in [0.15, 0.2) is 59.5 Å². The van der Waals surface area contributed by atoms with E-state index in [1.807, 2.05) is 12.1 Å². The summed E-state index contributed by atoms with van der Waals surface area (Å²) in [5, 5.41) is 0. The van der Waals surface area contributed by atoms with Gasteiger partial charge in [-0.15, -0.1) is 0 Å². The van der Waals surface area contributed by atoms with Crippen molar-refractivity contribution in [1.82, 2.24) is 4.31 Å². The van der Waals surface area contributed by atoms with E-state index < -0.39 is 22.0 Å². The van der Waals surface area contributed by atoms with E-state index in [2.05, 4.69) is 0 Å². The molecule has 2 rings (SSSR count). The highest BCUT2D eigenvalue weighted by molar-refractivity contribution is 7.89. The van der Waals surface area contributed by atoms with Gasteiger partial charge in [0, 0.05) is 7.05 Å². The summed E-state index contributed by atoms with van der Waals surface area (Å²) >= 11 is 0. The van der Waals surface area contributed by atoms with Crippen LogP contribution in [-0.4, -0.2) is 40.0 Å². The van der Waals surface area contributed by atoms with Crippen LogP contribution in [0, 0.1) is 5.92 Å². The van der Waals surface area contributed by atoms with E-state index in [-0.39, 0.29) is 10.9 Å². The molecule has 0 amide bonds. The van der Waals surface area contributed by atoms with E-state index in [4.69, 9.17) is 9.47 Å². The lowest BCUT2D eigenvalue weighted by Crippen LogP contribution is -2.33. The van der Waals surface area contributed by atoms with Crippen molar-refractivity contribution in [2.45, 2.75) is 24.3 Å². The van der Waals surface area contributed by atoms with Gasteiger partial charge in [-0.1, -0.05) is 37.3 Å². The van der Waals surface area contributed by atoms with Crippen LogP contribution in [0.2, 0.25) is 0 Å². The minimum Gasteiger partial charge on any atom is -0.497 e. The average molecular weight is 391 g/mol. The Hall–Kier alpha value is -2.38. The molecule has 0 aliphatic rings. The Kier molecular flexibility index (Phi) is 6.98. The van der Waals surface area contributed by atoms with Crippen LogP contribution in [0.5, 0.6) is 5.75 Å². The van der Waals surface area contributed by atoms with Crippen molar-refractivity contribution in [2.24, 2.45) is 5.92 Å². The van der Waals surface area contributed by atoms with Crippen LogP contribution >= 0.6 is 0 Å². The van der Waals surface area contributed by atoms with Crippen molar-refractivity contribution in [3.05, 3.63) is 60.2 Å². The first-order valence-electron chi connectivity index (χ1n) is 8.56. The predicted octanol–water partition coefficient (Wildman–Crippen LogP) is 3.26. The predicted molar refractivity (Wildman–Crippen MR) is 103 cm³/mol. The fraction of sp³-hybridized carbons (Fsp3) is 0.350. The molecule has 0 saturated carbocycles. The molecule has 146 valence electrons. The quantitative estimate of drug-likeness (QED) is 0.646. The Morgan fingerprint density at radius 1 is 1.04 bits per heavy atom. The summed E-state index contributed by atoms with van der Waals surface area (Å²) in [6.45, 7) is 1.73. The van der Waals surface area contributed by atoms with Crippen molar-refractivity contribution >= 4 is 16.0 Å². The number of carbonyl (C=O) groups is 1. The number of ether oxygens (including phenoxy) is 2. The van der Waals surface area contributed by atoms with Crippen molar-refractivity contribution < 1.29 is 22.7 Å². The van der Waals surface area contributed by atoms with Gasteiger partial charge >= 0.3 is 5.97 Å². The van der Waals surface area contributed by atoms with Crippen LogP contribution in [0.1, 0.15) is 24.9 Å². The van der Waals surface area contributed by atoms with Crippen LogP contribution < -0.4 is 4.74 Å². The van der Waals surface area contributed by atoms with Gasteiger partial charge in [-0.3, -0.25) is 4.79 Å². The Morgan fingerprint density at radius 3 is 2.15 bits per heavy atom. The number of sulfonamides is 1. The van der Waals surface area contributed by atoms with E-state index in [0.29, 0.717) is 12.2 Å². The van der Waals surface area contributed by atoms with Gasteiger partial charge in [0.05, 0.1) is 31.1 Å². The van der Waals surface area contributed by atoms with Crippen molar-refractivity contribution in [3.8, 4) is 5.75 Å². The first kappa shape index (κ1) is 20.9. The van der Waals surface area contributed by atoms with E-state index in [1.54, 1.807) is 56.5 Å². The lowest BCUT2D eigenvalue weighted by molar-refractivity contribution is -0.145. The molecule has 0 bridgehead atoms. The third kappa shape index (κ3) is 4.87. The average Bonchev–Trinajstić information content (AvgIpc) is 2.71. The fourth-order valence-electron chi connectivity index (χ4n) is 2.88. The summed E-state index contributed by atoms with van der Waals surface area (Å²) in [5.74, 6) is -0.165. The maximum Gasteiger partial charge on any atom is 0.308 e. The number of methoxy groups -OCH3 is 2. The van der Waals surface area contributed by atoms with E-state index in [9.17, 15) is 13.2 Å². The van der Waals surface area contributed by atoms with E-state index >= 15 is 0 Å². The summed E-state index contributed by atoms with van der Waals surface area (Å²) < 4.78 is 37.4. The standard InChI is InChI=1S/C20H25NO5S/c1-15(20(22)26-4)14-19(16-10-12-17(25-3)13-11-16)21(2)27(23,24)18-8-6-5-7-9-18/h5-13,15,19H,14H2,1-4H3/t15-,19+/m1/s1. The molecule has 27 heavy (non-hydrogen) atoms. The highest BCUT2D eigenvalue weighted by atomic mass is 32.2. The monoisotopic (exact) mass is 391 g/mol. The first-order chi connectivity index (χ1) is 12.8. The van der Waals surface area contributed by atoms with Gasteiger partial charge in [-0.25, -0.2) is 8.42 Å². The Balaban J connectivity index is 2.42. The molecule has 6 nitrogen and oxygen atoms in total. The molecule has 2 aromatic carbocycles. The number of benzene rings is 2. The molecule has 0 heterocycles. The zero-order valence-electron chi connectivity index (χ0n) is 16.0. The molecule has 2 atom stereocenters. The summed E-state index contributed by atoms with van der Waals surface area (Å²) in [4.78, 5) is 12.1. The molecule has 0 aromatic heterocycles. The van der Waals surface area contributed by atoms with Crippen LogP contribution in [-0.2, 0) is 19.6 Å². The molecule has 0 aliphatic carbocycles. The fourth-order valence-corrected chi connectivity index (χ4v) is 4.26. The molecular weight excluding hydrogens is 366 g/mol. The van der Waals surface area contributed by atoms with Crippen molar-refractivity contribution in [3.63, 3.8) is 0 Å². The third-order valence-corrected chi connectivity index (χ3v) is 6.42. The molecule has 7 heteroatoms. The molecule has 2 aromatic rings. The number of nitrogens with zero attached hydrogens (tertiary/aromatic N) is 1. The highest BCUT2D eigenvalue weighted by Crippen LogP contribution is 2.32. The summed E-state index contributed by atoms with van der Waals surface area (Å²) in [6, 6.07) is 14.9. The summed E-state index contributed by atoms with van der Waals surface area (Å²) in [7, 11) is 0.691. The molecule has 0 aliphatic heterocycles. The zero-order chi connectivity index (χ0) is 20.0. The third-order valence-electron chi connectivity index (χ3n) is 4.54. The summed E-state index contributed by atoms with van der Waals surface area (Å²) in [6.07, 6.45) is 0.293. The number of carbonyl (C=O) groups excluding carboxylic acids is 1. The number of rotatable bonds is 8. The summed E-state index contributed by atoms with van der Waals surface area (Å²) in [5.41, 5.74) is 0.772. The van der Waals surface area contributed by atoms with Gasteiger partial charge < -0.3 is 9.47 Å². The maximum absolute atomic E-state index is 13.1. The van der Waals surface area contributed by atoms with Crippen molar-refractivity contribution in [1.29, 1.82) is 0 Å². The van der Waals surface area contributed by atoms with Gasteiger partial charge in [-0.05, 0) is 36.2 Å². The van der Waals surface area contributed by atoms with Gasteiger partial charge in [0.25, 0.3) is 0 Å². The number of hydrogen-bond acceptors (Lipinski definition) is 5. The van der Waals surface area contributed by atoms with Crippen LogP contribution in [0.25, 0.3) is 0 Å². The minimum atomic E-state index is -3.73. The number of esters is 1. The first-order valence-corrected chi connectivity index (χ1v) is 10.00. The molecule has 0 saturated heterocycles. The van der Waals surface area contributed by atoms with E-state index in [1.165, 1.54) is 18.5 Å². The molecule has 0 unspecified atom stereocenters. The van der Waals surface area contributed by atoms with Crippen molar-refractivity contribution in [2.75, 3.05) is 21.3 Å². The van der Waals surface area contributed by atoms with Crippen LogP contribution in [0.4, 0.5) is 0 Å². The second-order valence-electron chi connectivity index (χ2n) is 6.28. The smallest absolute Gasteiger partial charge is 0.308 e. The Bertz CT molecular complexity index is 850. The zero-order valence-corrected chi connectivity index (χ0v) is 16.8. The molecule has 0 N–H and O–H groups in total. The van der Waals surface area contributed by atoms with Gasteiger partial charge in [-0.2, -0.15) is 4.31 Å². The molecular formula is C20H25NO5S. The molecule has 0 fully saturated rings. The van der Waals surface area contributed by atoms with Gasteiger partial charge in [0.1, 0.15) is 5.75 Å². The second-order valence-corrected chi connectivity index (χ2v) is 8.28. The maximum atomic E-state index is 13.1. The second kappa shape index (κ2) is 9.01. The largest absolute Gasteiger partial charge is 0.497 e. The highest BCUT2D eigenvalue weighted by Gasteiger charge is 2.32. The minimum absolute atomic E-state index is 0.205. The van der Waals surface area contributed by atoms with E-state index in [0.717, 1.165) is 5.56 Å². The molecule has 0 spiro atoms. The topological polar surface area (TPSA) is 72.9 Å².